The van der Waals surface area contributed by atoms with Crippen LogP contribution in [0.5, 0.6) is 0 Å². The number of ether oxygens (including phenoxy) is 1. The highest BCUT2D eigenvalue weighted by Gasteiger charge is 2.49. The number of esters is 1. The smallest absolute Gasteiger partial charge is 0.332 e. The minimum atomic E-state index is -1.99. The van der Waals surface area contributed by atoms with Gasteiger partial charge in [-0.2, -0.15) is 0 Å². The van der Waals surface area contributed by atoms with E-state index in [-0.39, 0.29) is 37.3 Å². The lowest BCUT2D eigenvalue weighted by Crippen LogP contribution is -2.63. The van der Waals surface area contributed by atoms with Gasteiger partial charge < -0.3 is 55.4 Å². The van der Waals surface area contributed by atoms with Crippen molar-refractivity contribution in [3.05, 3.63) is 71.8 Å². The molecule has 2 saturated heterocycles. The molecule has 8 amide bonds. The predicted octanol–water partition coefficient (Wildman–Crippen LogP) is 3.86. The van der Waals surface area contributed by atoms with Crippen molar-refractivity contribution < 1.29 is 58.1 Å². The summed E-state index contributed by atoms with van der Waals surface area (Å²) in [7, 11) is 5.45. The fourth-order valence-corrected chi connectivity index (χ4v) is 11.0. The van der Waals surface area contributed by atoms with Crippen molar-refractivity contribution in [2.45, 2.75) is 188 Å². The number of aliphatic hydroxyl groups excluding tert-OH is 1. The van der Waals surface area contributed by atoms with Crippen LogP contribution in [0.3, 0.4) is 0 Å². The number of aliphatic hydroxyl groups is 2. The molecule has 2 aliphatic heterocycles. The molecule has 4 rings (SSSR count). The maximum absolute atomic E-state index is 15.3. The first kappa shape index (κ1) is 66.1. The Bertz CT molecular complexity index is 2470. The monoisotopic (exact) mass is 1120 g/mol. The van der Waals surface area contributed by atoms with Crippen molar-refractivity contribution in [3.8, 4) is 0 Å². The van der Waals surface area contributed by atoms with Crippen LogP contribution in [0.25, 0.3) is 0 Å². The van der Waals surface area contributed by atoms with Gasteiger partial charge in [-0.25, -0.2) is 4.79 Å². The lowest BCUT2D eigenvalue weighted by atomic mass is 9.93. The van der Waals surface area contributed by atoms with E-state index in [0.717, 1.165) is 14.7 Å². The van der Waals surface area contributed by atoms with Crippen LogP contribution in [0.2, 0.25) is 0 Å². The molecule has 5 N–H and O–H groups in total. The Kier molecular flexibility index (Phi) is 23.8. The number of hydrogen-bond acceptors (Lipinski definition) is 12. The third-order valence-electron chi connectivity index (χ3n) is 15.9. The van der Waals surface area contributed by atoms with Gasteiger partial charge in [0.25, 0.3) is 5.91 Å². The van der Waals surface area contributed by atoms with Gasteiger partial charge >= 0.3 is 5.97 Å². The van der Waals surface area contributed by atoms with E-state index < -0.39 is 143 Å². The van der Waals surface area contributed by atoms with Crippen molar-refractivity contribution in [2.24, 2.45) is 29.6 Å². The van der Waals surface area contributed by atoms with Gasteiger partial charge in [0.05, 0.1) is 5.60 Å². The van der Waals surface area contributed by atoms with Crippen molar-refractivity contribution >= 4 is 53.2 Å². The highest BCUT2D eigenvalue weighted by atomic mass is 16.6. The zero-order valence-electron chi connectivity index (χ0n) is 50.1. The molecule has 2 aliphatic rings. The first-order chi connectivity index (χ1) is 37.4. The van der Waals surface area contributed by atoms with E-state index in [2.05, 4.69) is 16.0 Å². The third-order valence-corrected chi connectivity index (χ3v) is 15.9. The lowest BCUT2D eigenvalue weighted by molar-refractivity contribution is -0.177. The van der Waals surface area contributed by atoms with Gasteiger partial charge in [-0.05, 0) is 74.3 Å². The SMILES string of the molecule is CC[C@@H](C)[C@@H]1NC(=O)[C@@H]2CCCN2C(=O)[C@H](C(O)c2ccccc2)N(C)C(=O)[C@H](Cc2ccccc2)NC(=O)[C@H](C(C)C)N(C)C(=O)[C@@H]([C@H](C)CC)OC(=O)[C@H](C(C)(C)O)N(C)C(=O)[C@H](CC(C)C)NC(=O)[C@H](C(C)C)N(C)C1=O. The number of nitrogens with zero attached hydrogens (tertiary/aromatic N) is 5. The van der Waals surface area contributed by atoms with Crippen molar-refractivity contribution in [3.63, 3.8) is 0 Å². The summed E-state index contributed by atoms with van der Waals surface area (Å²) in [6.07, 6.45) is -1.96. The fourth-order valence-electron chi connectivity index (χ4n) is 11.0. The average Bonchev–Trinajstić information content (AvgIpc) is 3.90. The molecule has 0 radical (unpaired) electrons. The van der Waals surface area contributed by atoms with E-state index in [0.29, 0.717) is 24.8 Å². The van der Waals surface area contributed by atoms with Crippen molar-refractivity contribution in [1.29, 1.82) is 0 Å². The van der Waals surface area contributed by atoms with Crippen LogP contribution < -0.4 is 16.0 Å². The number of carbonyl (C=O) groups is 9. The summed E-state index contributed by atoms with van der Waals surface area (Å²) in [5.74, 6) is -9.51. The van der Waals surface area contributed by atoms with Gasteiger partial charge in [0.1, 0.15) is 48.4 Å². The molecular formula is C60H92N8O12. The number of carbonyl (C=O) groups excluding carboxylic acids is 9. The van der Waals surface area contributed by atoms with Crippen molar-refractivity contribution in [2.75, 3.05) is 34.7 Å². The number of amides is 8. The average molecular weight is 1120 g/mol. The number of hydrogen-bond donors (Lipinski definition) is 5. The van der Waals surface area contributed by atoms with E-state index in [1.807, 2.05) is 20.8 Å². The Morgan fingerprint density at radius 2 is 1.09 bits per heavy atom. The standard InChI is InChI=1S/C60H92N8O12/c1-17-37(9)44-56(75)64(13)45(35(5)6)52(71)61-41(32-34(3)4)55(74)67(16)50(60(11,12)79)59(78)80-49(38(10)18-2)58(77)65(14)46(36(7)8)53(72)62-42(33-39-26-21-19-22-27-39)54(73)66(15)47(48(69)40-28-23-20-24-29-40)57(76)68-31-25-30-43(68)51(70)63-44/h19-24,26-29,34-38,41-50,69,79H,17-18,25,30-33H2,1-16H3,(H,61,71)(H,62,72)(H,63,70)/t37-,38-,41+,42+,43+,44+,45+,46+,47+,48?,49-,50-/m1/s1. The second-order valence-electron chi connectivity index (χ2n) is 23.8. The summed E-state index contributed by atoms with van der Waals surface area (Å²) in [6, 6.07) is 6.14. The van der Waals surface area contributed by atoms with E-state index in [1.54, 1.807) is 109 Å². The zero-order valence-corrected chi connectivity index (χ0v) is 50.1. The minimum Gasteiger partial charge on any atom is -0.450 e. The van der Waals surface area contributed by atoms with E-state index >= 15 is 9.59 Å². The first-order valence-electron chi connectivity index (χ1n) is 28.4. The minimum absolute atomic E-state index is 0.0595. The molecular weight excluding hydrogens is 1020 g/mol. The molecule has 444 valence electrons. The number of cyclic esters (lactones) is 1. The largest absolute Gasteiger partial charge is 0.450 e. The quantitative estimate of drug-likeness (QED) is 0.179. The third kappa shape index (κ3) is 15.9. The normalized spacial score (nSPS) is 26.7. The number of likely N-dealkylation sites (N-methyl/N-ethyl adjacent to an activating group) is 4. The molecule has 0 spiro atoms. The molecule has 12 atom stereocenters. The van der Waals surface area contributed by atoms with Crippen LogP contribution in [0.1, 0.15) is 132 Å². The second-order valence-corrected chi connectivity index (χ2v) is 23.8. The van der Waals surface area contributed by atoms with Crippen LogP contribution in [-0.4, -0.2) is 183 Å². The van der Waals surface area contributed by atoms with Gasteiger partial charge in [-0.3, -0.25) is 38.4 Å². The molecule has 2 aromatic carbocycles. The molecule has 2 fully saturated rings. The predicted molar refractivity (Wildman–Crippen MR) is 303 cm³/mol. The lowest BCUT2D eigenvalue weighted by Gasteiger charge is -2.39. The summed E-state index contributed by atoms with van der Waals surface area (Å²) >= 11 is 0. The molecule has 2 aromatic rings. The van der Waals surface area contributed by atoms with Gasteiger partial charge in [-0.1, -0.05) is 136 Å². The van der Waals surface area contributed by atoms with Gasteiger partial charge in [0.2, 0.25) is 41.4 Å². The van der Waals surface area contributed by atoms with Gasteiger partial charge in [0.15, 0.2) is 12.1 Å². The topological polar surface area (TPSA) is 256 Å². The van der Waals surface area contributed by atoms with Gasteiger partial charge in [-0.15, -0.1) is 0 Å². The second kappa shape index (κ2) is 28.8. The van der Waals surface area contributed by atoms with Crippen LogP contribution in [0.4, 0.5) is 0 Å². The van der Waals surface area contributed by atoms with Crippen molar-refractivity contribution in [1.82, 2.24) is 40.4 Å². The summed E-state index contributed by atoms with van der Waals surface area (Å²) in [5.41, 5.74) is -1.07. The van der Waals surface area contributed by atoms with Crippen LogP contribution in [-0.2, 0) is 54.3 Å². The Balaban J connectivity index is 2.00. The molecule has 80 heavy (non-hydrogen) atoms. The Labute approximate surface area is 474 Å². The van der Waals surface area contributed by atoms with E-state index in [4.69, 9.17) is 4.74 Å². The molecule has 20 heteroatoms. The fraction of sp³-hybridized carbons (Fsp3) is 0.650. The van der Waals surface area contributed by atoms with E-state index in [1.165, 1.54) is 51.8 Å². The number of benzene rings is 2. The molecule has 0 bridgehead atoms. The number of fused-ring (bicyclic) bond motifs is 1. The van der Waals surface area contributed by atoms with Crippen LogP contribution in [0.15, 0.2) is 60.7 Å². The van der Waals surface area contributed by atoms with Gasteiger partial charge in [0, 0.05) is 47.1 Å². The first-order valence-corrected chi connectivity index (χ1v) is 28.4. The molecule has 2 heterocycles. The summed E-state index contributed by atoms with van der Waals surface area (Å²) < 4.78 is 6.08. The van der Waals surface area contributed by atoms with Crippen LogP contribution in [0, 0.1) is 29.6 Å². The molecule has 20 nitrogen and oxygen atoms in total. The highest BCUT2D eigenvalue weighted by Crippen LogP contribution is 2.30. The maximum atomic E-state index is 15.3. The number of rotatable bonds is 13. The molecule has 1 unspecified atom stereocenters. The summed E-state index contributed by atoms with van der Waals surface area (Å²) in [5, 5.41) is 32.6. The summed E-state index contributed by atoms with van der Waals surface area (Å²) in [4.78, 5) is 140. The maximum Gasteiger partial charge on any atom is 0.332 e. The molecule has 0 aliphatic carbocycles. The molecule has 0 aromatic heterocycles. The van der Waals surface area contributed by atoms with E-state index in [9.17, 15) is 43.8 Å². The summed E-state index contributed by atoms with van der Waals surface area (Å²) in [6.45, 7) is 20.3. The Morgan fingerprint density at radius 1 is 0.600 bits per heavy atom. The van der Waals surface area contributed by atoms with Crippen LogP contribution >= 0.6 is 0 Å². The molecule has 0 saturated carbocycles. The Morgan fingerprint density at radius 3 is 1.59 bits per heavy atom. The number of nitrogens with one attached hydrogen (secondary N) is 3. The zero-order chi connectivity index (χ0) is 60.2. The Hall–Kier alpha value is -6.41. The highest BCUT2D eigenvalue weighted by molar-refractivity contribution is 5.99.